The molecule has 0 radical (unpaired) electrons. The average Bonchev–Trinajstić information content (AvgIpc) is 3.54. The van der Waals surface area contributed by atoms with Gasteiger partial charge in [-0.05, 0) is 78.7 Å². The molecule has 0 aromatic carbocycles. The standard InChI is InChI=1S/C28H42N4O4/c1-19-25(21(3)35-29-19)12-14-27(33)32(28(34)15-13-26-20(2)30-36-22(26)4)18-24-11-8-16-31(24)17-23-9-6-5-7-10-23/h23-24H,5-18H2,1-4H3. The zero-order valence-corrected chi connectivity index (χ0v) is 22.5. The molecule has 0 bridgehead atoms. The molecule has 8 nitrogen and oxygen atoms in total. The van der Waals surface area contributed by atoms with E-state index in [4.69, 9.17) is 9.05 Å². The predicted octanol–water partition coefficient (Wildman–Crippen LogP) is 4.86. The summed E-state index contributed by atoms with van der Waals surface area (Å²) >= 11 is 0. The molecule has 2 amide bonds. The molecule has 1 aliphatic heterocycles. The van der Waals surface area contributed by atoms with Gasteiger partial charge in [0.25, 0.3) is 0 Å². The first kappa shape index (κ1) is 26.6. The normalized spacial score (nSPS) is 19.2. The molecular weight excluding hydrogens is 456 g/mol. The molecule has 2 aromatic heterocycles. The van der Waals surface area contributed by atoms with Crippen LogP contribution in [0, 0.1) is 33.6 Å². The first-order valence-electron chi connectivity index (χ1n) is 13.7. The van der Waals surface area contributed by atoms with Crippen molar-refractivity contribution in [3.63, 3.8) is 0 Å². The van der Waals surface area contributed by atoms with Crippen LogP contribution in [0.25, 0.3) is 0 Å². The largest absolute Gasteiger partial charge is 0.361 e. The topological polar surface area (TPSA) is 92.7 Å². The highest BCUT2D eigenvalue weighted by Gasteiger charge is 2.32. The Morgan fingerprint density at radius 1 is 0.833 bits per heavy atom. The Bertz CT molecular complexity index is 935. The van der Waals surface area contributed by atoms with Gasteiger partial charge in [-0.2, -0.15) is 0 Å². The van der Waals surface area contributed by atoms with Crippen LogP contribution in [0.4, 0.5) is 0 Å². The summed E-state index contributed by atoms with van der Waals surface area (Å²) in [6.07, 6.45) is 10.4. The van der Waals surface area contributed by atoms with Gasteiger partial charge in [-0.15, -0.1) is 0 Å². The van der Waals surface area contributed by atoms with Crippen LogP contribution in [-0.2, 0) is 22.4 Å². The van der Waals surface area contributed by atoms with E-state index in [0.717, 1.165) is 65.9 Å². The maximum Gasteiger partial charge on any atom is 0.229 e. The van der Waals surface area contributed by atoms with Gasteiger partial charge in [0.2, 0.25) is 11.8 Å². The minimum Gasteiger partial charge on any atom is -0.361 e. The molecule has 36 heavy (non-hydrogen) atoms. The van der Waals surface area contributed by atoms with Crippen molar-refractivity contribution in [2.45, 2.75) is 104 Å². The number of hydrogen-bond donors (Lipinski definition) is 0. The van der Waals surface area contributed by atoms with Crippen LogP contribution >= 0.6 is 0 Å². The molecule has 0 N–H and O–H groups in total. The minimum absolute atomic E-state index is 0.108. The van der Waals surface area contributed by atoms with E-state index < -0.39 is 0 Å². The number of amides is 2. The third kappa shape index (κ3) is 6.44. The molecule has 3 heterocycles. The summed E-state index contributed by atoms with van der Waals surface area (Å²) in [6, 6.07) is 0.248. The Morgan fingerprint density at radius 2 is 1.39 bits per heavy atom. The van der Waals surface area contributed by atoms with E-state index in [-0.39, 0.29) is 30.7 Å². The number of nitrogens with zero attached hydrogens (tertiary/aromatic N) is 4. The number of aromatic nitrogens is 2. The Morgan fingerprint density at radius 3 is 1.89 bits per heavy atom. The molecular formula is C28H42N4O4. The van der Waals surface area contributed by atoms with Gasteiger partial charge in [0.05, 0.1) is 11.4 Å². The summed E-state index contributed by atoms with van der Waals surface area (Å²) in [5, 5.41) is 8.02. The highest BCUT2D eigenvalue weighted by molar-refractivity contribution is 5.95. The molecule has 1 unspecified atom stereocenters. The van der Waals surface area contributed by atoms with Crippen LogP contribution in [0.3, 0.4) is 0 Å². The SMILES string of the molecule is Cc1noc(C)c1CCC(=O)N(CC1CCCN1CC1CCCCC1)C(=O)CCc1c(C)noc1C. The molecule has 2 fully saturated rings. The van der Waals surface area contributed by atoms with Gasteiger partial charge in [-0.3, -0.25) is 19.4 Å². The number of rotatable bonds is 10. The Kier molecular flexibility index (Phi) is 8.99. The van der Waals surface area contributed by atoms with E-state index in [1.165, 1.54) is 32.1 Å². The van der Waals surface area contributed by atoms with E-state index in [2.05, 4.69) is 15.2 Å². The van der Waals surface area contributed by atoms with E-state index in [1.54, 1.807) is 4.90 Å². The van der Waals surface area contributed by atoms with Gasteiger partial charge in [-0.1, -0.05) is 29.6 Å². The number of imide groups is 1. The summed E-state index contributed by atoms with van der Waals surface area (Å²) in [5.41, 5.74) is 3.55. The lowest BCUT2D eigenvalue weighted by Gasteiger charge is -2.33. The van der Waals surface area contributed by atoms with Crippen molar-refractivity contribution in [3.05, 3.63) is 34.0 Å². The Hall–Kier alpha value is -2.48. The first-order chi connectivity index (χ1) is 17.3. The highest BCUT2D eigenvalue weighted by atomic mass is 16.5. The lowest BCUT2D eigenvalue weighted by atomic mass is 9.89. The van der Waals surface area contributed by atoms with Crippen LogP contribution in [0.15, 0.2) is 9.05 Å². The molecule has 8 heteroatoms. The van der Waals surface area contributed by atoms with Crippen LogP contribution in [0.1, 0.15) is 91.8 Å². The summed E-state index contributed by atoms with van der Waals surface area (Å²) in [5.74, 6) is 2.02. The zero-order chi connectivity index (χ0) is 25.7. The smallest absolute Gasteiger partial charge is 0.229 e. The first-order valence-corrected chi connectivity index (χ1v) is 13.7. The van der Waals surface area contributed by atoms with E-state index >= 15 is 0 Å². The van der Waals surface area contributed by atoms with Crippen molar-refractivity contribution < 1.29 is 18.6 Å². The fraction of sp³-hybridized carbons (Fsp3) is 0.714. The third-order valence-electron chi connectivity index (χ3n) is 8.25. The lowest BCUT2D eigenvalue weighted by Crippen LogP contribution is -2.47. The highest BCUT2D eigenvalue weighted by Crippen LogP contribution is 2.28. The second-order valence-corrected chi connectivity index (χ2v) is 10.8. The summed E-state index contributed by atoms with van der Waals surface area (Å²) in [4.78, 5) is 31.1. The number of hydrogen-bond acceptors (Lipinski definition) is 7. The molecule has 198 valence electrons. The predicted molar refractivity (Wildman–Crippen MR) is 136 cm³/mol. The fourth-order valence-corrected chi connectivity index (χ4v) is 6.05. The van der Waals surface area contributed by atoms with E-state index in [0.29, 0.717) is 19.4 Å². The van der Waals surface area contributed by atoms with Gasteiger partial charge in [0.1, 0.15) is 11.5 Å². The van der Waals surface area contributed by atoms with Crippen molar-refractivity contribution in [3.8, 4) is 0 Å². The molecule has 0 spiro atoms. The van der Waals surface area contributed by atoms with E-state index in [1.807, 2.05) is 27.7 Å². The molecule has 1 atom stereocenters. The van der Waals surface area contributed by atoms with Gasteiger partial charge in [0, 0.05) is 43.1 Å². The van der Waals surface area contributed by atoms with Crippen molar-refractivity contribution in [1.82, 2.24) is 20.1 Å². The minimum atomic E-state index is -0.108. The van der Waals surface area contributed by atoms with Gasteiger partial charge < -0.3 is 9.05 Å². The number of aryl methyl sites for hydroxylation is 4. The van der Waals surface area contributed by atoms with Gasteiger partial charge >= 0.3 is 0 Å². The number of carbonyl (C=O) groups excluding carboxylic acids is 2. The van der Waals surface area contributed by atoms with Crippen molar-refractivity contribution in [2.24, 2.45) is 5.92 Å². The molecule has 2 aliphatic rings. The Labute approximate surface area is 214 Å². The van der Waals surface area contributed by atoms with Crippen molar-refractivity contribution >= 4 is 11.8 Å². The zero-order valence-electron chi connectivity index (χ0n) is 22.5. The number of carbonyl (C=O) groups is 2. The Balaban J connectivity index is 1.44. The molecule has 2 aromatic rings. The summed E-state index contributed by atoms with van der Waals surface area (Å²) in [7, 11) is 0. The van der Waals surface area contributed by atoms with Gasteiger partial charge in [-0.25, -0.2) is 0 Å². The maximum absolute atomic E-state index is 13.5. The molecule has 4 rings (SSSR count). The van der Waals surface area contributed by atoms with Crippen molar-refractivity contribution in [1.29, 1.82) is 0 Å². The number of likely N-dealkylation sites (tertiary alicyclic amines) is 1. The summed E-state index contributed by atoms with van der Waals surface area (Å²) < 4.78 is 10.5. The average molecular weight is 499 g/mol. The van der Waals surface area contributed by atoms with Gasteiger partial charge in [0.15, 0.2) is 0 Å². The summed E-state index contributed by atoms with van der Waals surface area (Å²) in [6.45, 7) is 10.2. The molecule has 1 aliphatic carbocycles. The maximum atomic E-state index is 13.5. The molecule has 1 saturated carbocycles. The second-order valence-electron chi connectivity index (χ2n) is 10.8. The monoisotopic (exact) mass is 498 g/mol. The van der Waals surface area contributed by atoms with Crippen LogP contribution in [-0.4, -0.2) is 57.6 Å². The van der Waals surface area contributed by atoms with E-state index in [9.17, 15) is 9.59 Å². The quantitative estimate of drug-likeness (QED) is 0.462. The van der Waals surface area contributed by atoms with Crippen LogP contribution in [0.2, 0.25) is 0 Å². The third-order valence-corrected chi connectivity index (χ3v) is 8.25. The van der Waals surface area contributed by atoms with Crippen LogP contribution in [0.5, 0.6) is 0 Å². The van der Waals surface area contributed by atoms with Crippen LogP contribution < -0.4 is 0 Å². The lowest BCUT2D eigenvalue weighted by molar-refractivity contribution is -0.145. The van der Waals surface area contributed by atoms with Crippen molar-refractivity contribution in [2.75, 3.05) is 19.6 Å². The molecule has 1 saturated heterocycles. The second kappa shape index (κ2) is 12.2. The fourth-order valence-electron chi connectivity index (χ4n) is 6.05.